The zero-order valence-electron chi connectivity index (χ0n) is 15.6. The lowest BCUT2D eigenvalue weighted by Gasteiger charge is -2.38. The van der Waals surface area contributed by atoms with Gasteiger partial charge in [0.25, 0.3) is 5.91 Å². The molecule has 5 heteroatoms. The minimum atomic E-state index is -0.329. The Morgan fingerprint density at radius 2 is 1.84 bits per heavy atom. The van der Waals surface area contributed by atoms with Gasteiger partial charge in [-0.1, -0.05) is 0 Å². The van der Waals surface area contributed by atoms with Gasteiger partial charge < -0.3 is 19.3 Å². The van der Waals surface area contributed by atoms with Gasteiger partial charge in [0.05, 0.1) is 13.7 Å². The Balaban J connectivity index is 1.47. The monoisotopic (exact) mass is 346 g/mol. The summed E-state index contributed by atoms with van der Waals surface area (Å²) in [5, 5.41) is 0. The van der Waals surface area contributed by atoms with Crippen LogP contribution in [0.5, 0.6) is 5.75 Å². The number of benzene rings is 1. The summed E-state index contributed by atoms with van der Waals surface area (Å²) in [6, 6.07) is 8.49. The Morgan fingerprint density at radius 3 is 2.40 bits per heavy atom. The number of hydrogen-bond acceptors (Lipinski definition) is 4. The highest BCUT2D eigenvalue weighted by molar-refractivity contribution is 5.80. The van der Waals surface area contributed by atoms with Crippen molar-refractivity contribution < 1.29 is 14.3 Å². The van der Waals surface area contributed by atoms with E-state index in [-0.39, 0.29) is 12.0 Å². The van der Waals surface area contributed by atoms with Crippen LogP contribution >= 0.6 is 0 Å². The van der Waals surface area contributed by atoms with E-state index < -0.39 is 0 Å². The molecule has 1 saturated heterocycles. The zero-order chi connectivity index (χ0) is 17.8. The van der Waals surface area contributed by atoms with Crippen LogP contribution in [-0.2, 0) is 9.53 Å². The molecule has 1 saturated carbocycles. The molecule has 1 heterocycles. The molecule has 1 amide bonds. The van der Waals surface area contributed by atoms with Crippen molar-refractivity contribution in [3.05, 3.63) is 24.3 Å². The average Bonchev–Trinajstić information content (AvgIpc) is 3.49. The van der Waals surface area contributed by atoms with E-state index in [1.807, 2.05) is 31.0 Å². The molecular formula is C20H30N2O3. The summed E-state index contributed by atoms with van der Waals surface area (Å²) in [4.78, 5) is 16.9. The molecule has 0 spiro atoms. The van der Waals surface area contributed by atoms with Crippen LogP contribution in [0.3, 0.4) is 0 Å². The van der Waals surface area contributed by atoms with Gasteiger partial charge >= 0.3 is 0 Å². The molecule has 2 aliphatic rings. The molecule has 0 radical (unpaired) electrons. The van der Waals surface area contributed by atoms with Gasteiger partial charge in [-0.15, -0.1) is 0 Å². The normalized spacial score (nSPS) is 19.6. The molecule has 1 aliphatic carbocycles. The molecule has 0 unspecified atom stereocenters. The van der Waals surface area contributed by atoms with Crippen LogP contribution in [0, 0.1) is 5.92 Å². The van der Waals surface area contributed by atoms with E-state index >= 15 is 0 Å². The molecule has 2 fully saturated rings. The van der Waals surface area contributed by atoms with Crippen LogP contribution in [0.4, 0.5) is 5.69 Å². The van der Waals surface area contributed by atoms with E-state index in [9.17, 15) is 4.79 Å². The van der Waals surface area contributed by atoms with Gasteiger partial charge in [0.2, 0.25) is 0 Å². The quantitative estimate of drug-likeness (QED) is 0.761. The topological polar surface area (TPSA) is 42.0 Å². The maximum absolute atomic E-state index is 12.6. The molecule has 1 aromatic carbocycles. The number of methoxy groups -OCH3 is 1. The summed E-state index contributed by atoms with van der Waals surface area (Å²) >= 11 is 0. The largest absolute Gasteiger partial charge is 0.497 e. The Kier molecular flexibility index (Phi) is 5.84. The first kappa shape index (κ1) is 18.1. The van der Waals surface area contributed by atoms with Crippen LogP contribution in [0.15, 0.2) is 24.3 Å². The van der Waals surface area contributed by atoms with Crippen molar-refractivity contribution in [1.29, 1.82) is 0 Å². The van der Waals surface area contributed by atoms with Crippen molar-refractivity contribution in [1.82, 2.24) is 4.90 Å². The summed E-state index contributed by atoms with van der Waals surface area (Å²) in [6.07, 6.45) is 4.15. The van der Waals surface area contributed by atoms with Crippen molar-refractivity contribution >= 4 is 11.6 Å². The van der Waals surface area contributed by atoms with Gasteiger partial charge in [-0.05, 0) is 62.8 Å². The fraction of sp³-hybridized carbons (Fsp3) is 0.650. The van der Waals surface area contributed by atoms with Gasteiger partial charge in [-0.3, -0.25) is 4.79 Å². The fourth-order valence-electron chi connectivity index (χ4n) is 3.41. The zero-order valence-corrected chi connectivity index (χ0v) is 15.6. The van der Waals surface area contributed by atoms with Crippen LogP contribution in [0.2, 0.25) is 0 Å². The number of likely N-dealkylation sites (N-methyl/N-ethyl adjacent to an activating group) is 1. The second-order valence-electron chi connectivity index (χ2n) is 7.28. The van der Waals surface area contributed by atoms with E-state index in [1.54, 1.807) is 7.11 Å². The number of hydrogen-bond donors (Lipinski definition) is 0. The number of rotatable bonds is 7. The third-order valence-electron chi connectivity index (χ3n) is 5.42. The first-order valence-corrected chi connectivity index (χ1v) is 9.35. The molecule has 0 N–H and O–H groups in total. The summed E-state index contributed by atoms with van der Waals surface area (Å²) < 4.78 is 11.0. The molecule has 1 aromatic rings. The predicted molar refractivity (Wildman–Crippen MR) is 99.1 cm³/mol. The lowest BCUT2D eigenvalue weighted by atomic mass is 10.0. The molecule has 138 valence electrons. The predicted octanol–water partition coefficient (Wildman–Crippen LogP) is 2.94. The van der Waals surface area contributed by atoms with Crippen molar-refractivity contribution in [2.45, 2.75) is 44.8 Å². The van der Waals surface area contributed by atoms with Gasteiger partial charge in [0, 0.05) is 31.9 Å². The first-order valence-electron chi connectivity index (χ1n) is 9.35. The number of ether oxygens (including phenoxy) is 2. The number of carbonyl (C=O) groups excluding carboxylic acids is 1. The van der Waals surface area contributed by atoms with Gasteiger partial charge in [-0.25, -0.2) is 0 Å². The maximum atomic E-state index is 12.6. The summed E-state index contributed by atoms with van der Waals surface area (Å²) in [5.41, 5.74) is 1.22. The molecule has 1 aliphatic heterocycles. The first-order chi connectivity index (χ1) is 12.1. The Labute approximate surface area is 150 Å². The molecule has 5 nitrogen and oxygen atoms in total. The number of nitrogens with zero attached hydrogens (tertiary/aromatic N) is 2. The third-order valence-corrected chi connectivity index (χ3v) is 5.42. The molecule has 25 heavy (non-hydrogen) atoms. The minimum Gasteiger partial charge on any atom is -0.497 e. The van der Waals surface area contributed by atoms with Crippen LogP contribution in [0.25, 0.3) is 0 Å². The van der Waals surface area contributed by atoms with Crippen molar-refractivity contribution in [3.63, 3.8) is 0 Å². The second kappa shape index (κ2) is 8.09. The summed E-state index contributed by atoms with van der Waals surface area (Å²) in [5.74, 6) is 1.68. The van der Waals surface area contributed by atoms with E-state index in [1.165, 1.54) is 18.5 Å². The van der Waals surface area contributed by atoms with E-state index in [2.05, 4.69) is 17.0 Å². The lowest BCUT2D eigenvalue weighted by molar-refractivity contribution is -0.144. The molecule has 3 rings (SSSR count). The van der Waals surface area contributed by atoms with Crippen LogP contribution < -0.4 is 9.64 Å². The third kappa shape index (κ3) is 4.66. The molecule has 0 aromatic heterocycles. The van der Waals surface area contributed by atoms with Crippen molar-refractivity contribution in [2.24, 2.45) is 5.92 Å². The number of carbonyl (C=O) groups is 1. The van der Waals surface area contributed by atoms with Gasteiger partial charge in [0.1, 0.15) is 11.9 Å². The Bertz CT molecular complexity index is 563. The smallest absolute Gasteiger partial charge is 0.251 e. The van der Waals surface area contributed by atoms with Gasteiger partial charge in [-0.2, -0.15) is 0 Å². The van der Waals surface area contributed by atoms with E-state index in [0.717, 1.165) is 38.3 Å². The highest BCUT2D eigenvalue weighted by Crippen LogP contribution is 2.29. The van der Waals surface area contributed by atoms with Crippen LogP contribution in [0.1, 0.15) is 32.6 Å². The van der Waals surface area contributed by atoms with Crippen molar-refractivity contribution in [2.75, 3.05) is 38.8 Å². The Hall–Kier alpha value is -1.75. The highest BCUT2D eigenvalue weighted by Gasteiger charge is 2.29. The van der Waals surface area contributed by atoms with Gasteiger partial charge in [0.15, 0.2) is 0 Å². The van der Waals surface area contributed by atoms with Crippen LogP contribution in [-0.4, -0.2) is 56.8 Å². The number of piperidine rings is 1. The average molecular weight is 346 g/mol. The summed E-state index contributed by atoms with van der Waals surface area (Å²) in [6.45, 7) is 4.54. The standard InChI is InChI=1S/C20H30N2O3/c1-15(25-14-16-4-5-16)20(23)21(2)17-10-12-22(13-11-17)18-6-8-19(24-3)9-7-18/h6-9,15-17H,4-5,10-14H2,1-3H3/t15-/m0/s1. The number of anilines is 1. The molecule has 0 bridgehead atoms. The van der Waals surface area contributed by atoms with E-state index in [0.29, 0.717) is 12.0 Å². The van der Waals surface area contributed by atoms with Crippen molar-refractivity contribution in [3.8, 4) is 5.75 Å². The molecule has 1 atom stereocenters. The highest BCUT2D eigenvalue weighted by atomic mass is 16.5. The SMILES string of the molecule is COc1ccc(N2CCC(N(C)C(=O)[C@H](C)OCC3CC3)CC2)cc1. The lowest BCUT2D eigenvalue weighted by Crippen LogP contribution is -2.48. The fourth-order valence-corrected chi connectivity index (χ4v) is 3.41. The number of amides is 1. The second-order valence-corrected chi connectivity index (χ2v) is 7.28. The van der Waals surface area contributed by atoms with E-state index in [4.69, 9.17) is 9.47 Å². The summed E-state index contributed by atoms with van der Waals surface area (Å²) in [7, 11) is 3.61. The minimum absolute atomic E-state index is 0.114. The Morgan fingerprint density at radius 1 is 1.20 bits per heavy atom. The maximum Gasteiger partial charge on any atom is 0.251 e. The molecular weight excluding hydrogens is 316 g/mol.